The second kappa shape index (κ2) is 7.24. The molecule has 2 amide bonds. The van der Waals surface area contributed by atoms with Crippen molar-refractivity contribution < 1.29 is 14.6 Å². The largest absolute Gasteiger partial charge is 0.491 e. The number of rotatable bonds is 4. The van der Waals surface area contributed by atoms with Gasteiger partial charge >= 0.3 is 6.03 Å². The highest BCUT2D eigenvalue weighted by atomic mass is 16.5. The Hall–Kier alpha value is -2.53. The number of benzene rings is 2. The Morgan fingerprint density at radius 3 is 2.81 bits per heavy atom. The number of aliphatic hydroxyl groups is 1. The highest BCUT2D eigenvalue weighted by molar-refractivity contribution is 5.76. The van der Waals surface area contributed by atoms with E-state index in [9.17, 15) is 9.90 Å². The maximum atomic E-state index is 13.0. The van der Waals surface area contributed by atoms with Crippen LogP contribution in [0.5, 0.6) is 5.75 Å². The van der Waals surface area contributed by atoms with E-state index in [0.29, 0.717) is 19.7 Å². The summed E-state index contributed by atoms with van der Waals surface area (Å²) in [5, 5.41) is 12.7. The van der Waals surface area contributed by atoms with Crippen LogP contribution in [0, 0.1) is 6.92 Å². The van der Waals surface area contributed by atoms with Crippen LogP contribution >= 0.6 is 0 Å². The fourth-order valence-corrected chi connectivity index (χ4v) is 3.70. The molecule has 1 fully saturated rings. The number of hydrogen-bond donors (Lipinski definition) is 2. The molecule has 4 rings (SSSR count). The number of amides is 2. The Bertz CT molecular complexity index is 845. The number of nitrogens with zero attached hydrogens (tertiary/aromatic N) is 1. The minimum atomic E-state index is -0.119. The first kappa shape index (κ1) is 17.9. The van der Waals surface area contributed by atoms with Gasteiger partial charge in [-0.15, -0.1) is 0 Å². The molecular weight excluding hydrogens is 340 g/mol. The van der Waals surface area contributed by atoms with E-state index in [1.165, 1.54) is 11.1 Å². The summed E-state index contributed by atoms with van der Waals surface area (Å²) >= 11 is 0. The van der Waals surface area contributed by atoms with Gasteiger partial charge in [-0.05, 0) is 55.0 Å². The molecule has 5 nitrogen and oxygen atoms in total. The lowest BCUT2D eigenvalue weighted by Crippen LogP contribution is -2.47. The first-order chi connectivity index (χ1) is 13.1. The van der Waals surface area contributed by atoms with E-state index < -0.39 is 0 Å². The lowest BCUT2D eigenvalue weighted by Gasteiger charge is -2.25. The number of carbonyl (C=O) groups excluding carboxylic acids is 1. The summed E-state index contributed by atoms with van der Waals surface area (Å²) in [6.45, 7) is 3.63. The third-order valence-electron chi connectivity index (χ3n) is 5.59. The summed E-state index contributed by atoms with van der Waals surface area (Å²) in [7, 11) is 0. The Morgan fingerprint density at radius 2 is 2.07 bits per heavy atom. The van der Waals surface area contributed by atoms with Gasteiger partial charge in [0.2, 0.25) is 0 Å². The average Bonchev–Trinajstić information content (AvgIpc) is 3.45. The number of aliphatic hydroxyl groups excluding tert-OH is 1. The number of urea groups is 1. The fraction of sp³-hybridized carbons (Fsp3) is 0.409. The standard InChI is InChI=1S/C22H26N2O3/c1-16-4-2-3-5-18(16)13-22(8-9-22)23-21(26)24-10-11-27-20-7-6-17(15-25)12-19(20)14-24/h2-7,12,25H,8-11,13-15H2,1H3,(H,23,26). The zero-order valence-electron chi connectivity index (χ0n) is 15.7. The van der Waals surface area contributed by atoms with Crippen LogP contribution in [0.3, 0.4) is 0 Å². The maximum Gasteiger partial charge on any atom is 0.318 e. The molecule has 2 aromatic carbocycles. The van der Waals surface area contributed by atoms with Gasteiger partial charge in [0, 0.05) is 11.1 Å². The molecule has 2 aromatic rings. The Labute approximate surface area is 160 Å². The lowest BCUT2D eigenvalue weighted by molar-refractivity contribution is 0.182. The van der Waals surface area contributed by atoms with Gasteiger partial charge in [0.15, 0.2) is 0 Å². The molecule has 5 heteroatoms. The van der Waals surface area contributed by atoms with Crippen LogP contribution in [-0.4, -0.2) is 34.7 Å². The van der Waals surface area contributed by atoms with Crippen LogP contribution < -0.4 is 10.1 Å². The topological polar surface area (TPSA) is 61.8 Å². The van der Waals surface area contributed by atoms with Crippen molar-refractivity contribution in [3.63, 3.8) is 0 Å². The SMILES string of the molecule is Cc1ccccc1CC1(NC(=O)N2CCOc3ccc(CO)cc3C2)CC1. The van der Waals surface area contributed by atoms with Crippen LogP contribution in [0.25, 0.3) is 0 Å². The Kier molecular flexibility index (Phi) is 4.79. The van der Waals surface area contributed by atoms with Gasteiger partial charge < -0.3 is 20.1 Å². The fourth-order valence-electron chi connectivity index (χ4n) is 3.70. The molecule has 1 saturated carbocycles. The number of carbonyl (C=O) groups is 1. The predicted octanol–water partition coefficient (Wildman–Crippen LogP) is 3.17. The van der Waals surface area contributed by atoms with E-state index >= 15 is 0 Å². The van der Waals surface area contributed by atoms with E-state index in [1.54, 1.807) is 0 Å². The Morgan fingerprint density at radius 1 is 1.26 bits per heavy atom. The van der Waals surface area contributed by atoms with E-state index in [1.807, 2.05) is 29.2 Å². The summed E-state index contributed by atoms with van der Waals surface area (Å²) in [6, 6.07) is 14.0. The van der Waals surface area contributed by atoms with E-state index in [-0.39, 0.29) is 18.2 Å². The summed E-state index contributed by atoms with van der Waals surface area (Å²) in [6.07, 6.45) is 2.91. The van der Waals surface area contributed by atoms with Crippen molar-refractivity contribution in [3.8, 4) is 5.75 Å². The van der Waals surface area contributed by atoms with Crippen LogP contribution in [0.1, 0.15) is 35.1 Å². The van der Waals surface area contributed by atoms with Crippen LogP contribution in [0.2, 0.25) is 0 Å². The molecule has 0 spiro atoms. The molecule has 1 heterocycles. The average molecular weight is 366 g/mol. The third kappa shape index (κ3) is 3.93. The summed E-state index contributed by atoms with van der Waals surface area (Å²) in [5.74, 6) is 0.795. The minimum absolute atomic E-state index is 0.0149. The maximum absolute atomic E-state index is 13.0. The second-order valence-electron chi connectivity index (χ2n) is 7.68. The molecule has 142 valence electrons. The van der Waals surface area contributed by atoms with Crippen molar-refractivity contribution in [1.82, 2.24) is 10.2 Å². The molecule has 2 N–H and O–H groups in total. The van der Waals surface area contributed by atoms with Crippen molar-refractivity contribution >= 4 is 6.03 Å². The summed E-state index contributed by atoms with van der Waals surface area (Å²) in [4.78, 5) is 14.8. The van der Waals surface area contributed by atoms with E-state index in [4.69, 9.17) is 4.74 Å². The van der Waals surface area contributed by atoms with Crippen LogP contribution in [-0.2, 0) is 19.6 Å². The van der Waals surface area contributed by atoms with E-state index in [2.05, 4.69) is 30.4 Å². The number of ether oxygens (including phenoxy) is 1. The molecular formula is C22H26N2O3. The number of fused-ring (bicyclic) bond motifs is 1. The van der Waals surface area contributed by atoms with Crippen LogP contribution in [0.4, 0.5) is 4.79 Å². The van der Waals surface area contributed by atoms with Gasteiger partial charge in [0.1, 0.15) is 12.4 Å². The van der Waals surface area contributed by atoms with Gasteiger partial charge in [0.05, 0.1) is 19.7 Å². The molecule has 0 unspecified atom stereocenters. The van der Waals surface area contributed by atoms with Gasteiger partial charge in [0.25, 0.3) is 0 Å². The van der Waals surface area contributed by atoms with Crippen LogP contribution in [0.15, 0.2) is 42.5 Å². The molecule has 0 bridgehead atoms. The van der Waals surface area contributed by atoms with Crippen molar-refractivity contribution in [3.05, 3.63) is 64.7 Å². The number of aryl methyl sites for hydroxylation is 1. The first-order valence-electron chi connectivity index (χ1n) is 9.56. The van der Waals surface area contributed by atoms with Crippen molar-refractivity contribution in [2.24, 2.45) is 0 Å². The van der Waals surface area contributed by atoms with Gasteiger partial charge in [-0.1, -0.05) is 30.3 Å². The highest BCUT2D eigenvalue weighted by Gasteiger charge is 2.45. The molecule has 0 radical (unpaired) electrons. The number of hydrogen-bond acceptors (Lipinski definition) is 3. The molecule has 1 aliphatic heterocycles. The molecule has 27 heavy (non-hydrogen) atoms. The first-order valence-corrected chi connectivity index (χ1v) is 9.56. The summed E-state index contributed by atoms with van der Waals surface area (Å²) in [5.41, 5.74) is 4.22. The predicted molar refractivity (Wildman–Crippen MR) is 104 cm³/mol. The molecule has 0 saturated heterocycles. The molecule has 2 aliphatic rings. The number of nitrogens with one attached hydrogen (secondary N) is 1. The smallest absolute Gasteiger partial charge is 0.318 e. The molecule has 0 atom stereocenters. The van der Waals surface area contributed by atoms with Gasteiger partial charge in [-0.3, -0.25) is 0 Å². The third-order valence-corrected chi connectivity index (χ3v) is 5.59. The van der Waals surface area contributed by atoms with E-state index in [0.717, 1.165) is 36.1 Å². The Balaban J connectivity index is 1.45. The monoisotopic (exact) mass is 366 g/mol. The normalized spacial score (nSPS) is 17.5. The minimum Gasteiger partial charge on any atom is -0.491 e. The van der Waals surface area contributed by atoms with Gasteiger partial charge in [-0.2, -0.15) is 0 Å². The van der Waals surface area contributed by atoms with Crippen molar-refractivity contribution in [1.29, 1.82) is 0 Å². The van der Waals surface area contributed by atoms with Gasteiger partial charge in [-0.25, -0.2) is 4.79 Å². The highest BCUT2D eigenvalue weighted by Crippen LogP contribution is 2.39. The second-order valence-corrected chi connectivity index (χ2v) is 7.68. The summed E-state index contributed by atoms with van der Waals surface area (Å²) < 4.78 is 5.78. The zero-order chi connectivity index (χ0) is 18.9. The quantitative estimate of drug-likeness (QED) is 0.874. The van der Waals surface area contributed by atoms with Crippen molar-refractivity contribution in [2.45, 2.75) is 44.9 Å². The molecule has 1 aliphatic carbocycles. The molecule has 0 aromatic heterocycles. The lowest BCUT2D eigenvalue weighted by atomic mass is 10.00. The van der Waals surface area contributed by atoms with Crippen molar-refractivity contribution in [2.75, 3.05) is 13.2 Å². The zero-order valence-corrected chi connectivity index (χ0v) is 15.7.